The van der Waals surface area contributed by atoms with E-state index in [-0.39, 0.29) is 0 Å². The SMILES string of the molecule is CN=C(Br)N(C)/C(C)=C/CCC(C)C. The van der Waals surface area contributed by atoms with Gasteiger partial charge in [-0.3, -0.25) is 4.99 Å². The molecule has 0 radical (unpaired) electrons. The second kappa shape index (κ2) is 7.04. The van der Waals surface area contributed by atoms with Crippen LogP contribution >= 0.6 is 15.9 Å². The normalized spacial score (nSPS) is 13.6. The molecule has 0 aromatic heterocycles. The summed E-state index contributed by atoms with van der Waals surface area (Å²) in [6, 6.07) is 0. The van der Waals surface area contributed by atoms with Crippen LogP contribution in [-0.4, -0.2) is 23.7 Å². The van der Waals surface area contributed by atoms with Crippen molar-refractivity contribution in [2.45, 2.75) is 33.6 Å². The van der Waals surface area contributed by atoms with Crippen molar-refractivity contribution in [2.24, 2.45) is 10.9 Å². The van der Waals surface area contributed by atoms with Crippen LogP contribution in [0.5, 0.6) is 0 Å². The van der Waals surface area contributed by atoms with Crippen LogP contribution in [0.4, 0.5) is 0 Å². The highest BCUT2D eigenvalue weighted by Gasteiger charge is 2.02. The summed E-state index contributed by atoms with van der Waals surface area (Å²) in [5, 5.41) is 0. The molecule has 0 bridgehead atoms. The number of hydrogen-bond donors (Lipinski definition) is 0. The first-order valence-electron chi connectivity index (χ1n) is 5.01. The van der Waals surface area contributed by atoms with E-state index in [0.29, 0.717) is 0 Å². The first-order chi connectivity index (χ1) is 6.49. The van der Waals surface area contributed by atoms with Crippen LogP contribution in [0.1, 0.15) is 33.6 Å². The summed E-state index contributed by atoms with van der Waals surface area (Å²) in [6.45, 7) is 6.60. The molecule has 0 N–H and O–H groups in total. The Hall–Kier alpha value is -0.310. The lowest BCUT2D eigenvalue weighted by molar-refractivity contribution is 0.581. The van der Waals surface area contributed by atoms with Crippen LogP contribution in [0, 0.1) is 5.92 Å². The van der Waals surface area contributed by atoms with Crippen molar-refractivity contribution >= 4 is 20.7 Å². The Morgan fingerprint density at radius 1 is 1.50 bits per heavy atom. The molecule has 0 atom stereocenters. The van der Waals surface area contributed by atoms with Crippen LogP contribution < -0.4 is 0 Å². The number of aliphatic imine (C=N–C) groups is 1. The van der Waals surface area contributed by atoms with Gasteiger partial charge in [-0.2, -0.15) is 0 Å². The average Bonchev–Trinajstić information content (AvgIpc) is 2.14. The van der Waals surface area contributed by atoms with Crippen LogP contribution in [0.25, 0.3) is 0 Å². The highest BCUT2D eigenvalue weighted by Crippen LogP contribution is 2.10. The molecule has 0 fully saturated rings. The maximum absolute atomic E-state index is 4.07. The molecular weight excluding hydrogens is 240 g/mol. The summed E-state index contributed by atoms with van der Waals surface area (Å²) in [7, 11) is 3.79. The highest BCUT2D eigenvalue weighted by atomic mass is 79.9. The number of allylic oxidation sites excluding steroid dienone is 2. The second-order valence-electron chi connectivity index (χ2n) is 3.87. The lowest BCUT2D eigenvalue weighted by Crippen LogP contribution is -2.19. The fourth-order valence-corrected chi connectivity index (χ4v) is 1.34. The van der Waals surface area contributed by atoms with Gasteiger partial charge in [0.05, 0.1) is 0 Å². The standard InChI is InChI=1S/C11H21BrN2/c1-9(2)7-6-8-10(3)14(5)11(12)13-4/h8-9H,6-7H2,1-5H3/b10-8+,13-11?. The van der Waals surface area contributed by atoms with Gasteiger partial charge in [-0.15, -0.1) is 0 Å². The second-order valence-corrected chi connectivity index (χ2v) is 4.58. The van der Waals surface area contributed by atoms with Gasteiger partial charge in [0.1, 0.15) is 0 Å². The molecule has 0 heterocycles. The Morgan fingerprint density at radius 3 is 2.50 bits per heavy atom. The zero-order chi connectivity index (χ0) is 11.1. The topological polar surface area (TPSA) is 15.6 Å². The van der Waals surface area contributed by atoms with Crippen LogP contribution in [0.2, 0.25) is 0 Å². The Balaban J connectivity index is 4.10. The summed E-state index contributed by atoms with van der Waals surface area (Å²) in [5.74, 6) is 0.771. The molecule has 0 spiro atoms. The number of nitrogens with zero attached hydrogens (tertiary/aromatic N) is 2. The van der Waals surface area contributed by atoms with E-state index in [1.165, 1.54) is 12.1 Å². The molecule has 0 aliphatic carbocycles. The van der Waals surface area contributed by atoms with E-state index < -0.39 is 0 Å². The van der Waals surface area contributed by atoms with E-state index in [4.69, 9.17) is 0 Å². The van der Waals surface area contributed by atoms with Crippen molar-refractivity contribution in [2.75, 3.05) is 14.1 Å². The van der Waals surface area contributed by atoms with E-state index in [1.54, 1.807) is 7.05 Å². The van der Waals surface area contributed by atoms with Crippen molar-refractivity contribution in [3.63, 3.8) is 0 Å². The lowest BCUT2D eigenvalue weighted by Gasteiger charge is -2.17. The molecule has 0 aliphatic heterocycles. The molecule has 0 saturated heterocycles. The summed E-state index contributed by atoms with van der Waals surface area (Å²) >= 11 is 3.40. The molecule has 0 amide bonds. The van der Waals surface area contributed by atoms with Crippen molar-refractivity contribution in [1.82, 2.24) is 4.90 Å². The van der Waals surface area contributed by atoms with Crippen molar-refractivity contribution < 1.29 is 0 Å². The number of rotatable bonds is 4. The largest absolute Gasteiger partial charge is 0.328 e. The minimum absolute atomic E-state index is 0.771. The Kier molecular flexibility index (Phi) is 6.89. The highest BCUT2D eigenvalue weighted by molar-refractivity contribution is 9.18. The zero-order valence-electron chi connectivity index (χ0n) is 9.84. The van der Waals surface area contributed by atoms with Crippen LogP contribution in [0.3, 0.4) is 0 Å². The maximum atomic E-state index is 4.07. The monoisotopic (exact) mass is 260 g/mol. The third-order valence-electron chi connectivity index (χ3n) is 2.17. The third kappa shape index (κ3) is 5.43. The van der Waals surface area contributed by atoms with Gasteiger partial charge in [0, 0.05) is 19.8 Å². The first-order valence-corrected chi connectivity index (χ1v) is 5.81. The van der Waals surface area contributed by atoms with Gasteiger partial charge in [-0.05, 0) is 41.6 Å². The van der Waals surface area contributed by atoms with E-state index in [9.17, 15) is 0 Å². The van der Waals surface area contributed by atoms with Crippen molar-refractivity contribution in [3.8, 4) is 0 Å². The van der Waals surface area contributed by atoms with E-state index >= 15 is 0 Å². The number of halogens is 1. The summed E-state index contributed by atoms with van der Waals surface area (Å²) in [5.41, 5.74) is 1.24. The molecular formula is C11H21BrN2. The first kappa shape index (κ1) is 13.7. The molecule has 3 heteroatoms. The zero-order valence-corrected chi connectivity index (χ0v) is 11.4. The van der Waals surface area contributed by atoms with Crippen LogP contribution in [-0.2, 0) is 0 Å². The Labute approximate surface area is 96.2 Å². The van der Waals surface area contributed by atoms with E-state index in [0.717, 1.165) is 17.1 Å². The fraction of sp³-hybridized carbons (Fsp3) is 0.727. The molecule has 0 aliphatic rings. The van der Waals surface area contributed by atoms with Gasteiger partial charge < -0.3 is 4.90 Å². The molecule has 2 nitrogen and oxygen atoms in total. The van der Waals surface area contributed by atoms with Gasteiger partial charge in [-0.25, -0.2) is 0 Å². The minimum atomic E-state index is 0.771. The van der Waals surface area contributed by atoms with E-state index in [1.807, 2.05) is 11.9 Å². The summed E-state index contributed by atoms with van der Waals surface area (Å²) in [6.07, 6.45) is 4.64. The van der Waals surface area contributed by atoms with Gasteiger partial charge in [0.25, 0.3) is 0 Å². The molecule has 0 saturated carbocycles. The average molecular weight is 261 g/mol. The number of amidine groups is 1. The van der Waals surface area contributed by atoms with Crippen molar-refractivity contribution in [3.05, 3.63) is 11.8 Å². The fourth-order valence-electron chi connectivity index (χ4n) is 1.06. The van der Waals surface area contributed by atoms with Gasteiger partial charge in [0.15, 0.2) is 4.74 Å². The lowest BCUT2D eigenvalue weighted by atomic mass is 10.1. The Bertz CT molecular complexity index is 219. The van der Waals surface area contributed by atoms with E-state index in [2.05, 4.69) is 47.8 Å². The van der Waals surface area contributed by atoms with Gasteiger partial charge in [-0.1, -0.05) is 19.9 Å². The maximum Gasteiger partial charge on any atom is 0.172 e. The van der Waals surface area contributed by atoms with Gasteiger partial charge >= 0.3 is 0 Å². The molecule has 0 aromatic carbocycles. The predicted molar refractivity (Wildman–Crippen MR) is 67.9 cm³/mol. The molecule has 0 rings (SSSR count). The molecule has 0 unspecified atom stereocenters. The smallest absolute Gasteiger partial charge is 0.172 e. The minimum Gasteiger partial charge on any atom is -0.328 e. The third-order valence-corrected chi connectivity index (χ3v) is 3.06. The molecule has 0 aromatic rings. The molecule has 82 valence electrons. The predicted octanol–water partition coefficient (Wildman–Crippen LogP) is 3.64. The number of hydrogen-bond acceptors (Lipinski definition) is 1. The van der Waals surface area contributed by atoms with Crippen LogP contribution in [0.15, 0.2) is 16.8 Å². The Morgan fingerprint density at radius 2 is 2.07 bits per heavy atom. The molecule has 14 heavy (non-hydrogen) atoms. The summed E-state index contributed by atoms with van der Waals surface area (Å²) < 4.78 is 0.871. The quantitative estimate of drug-likeness (QED) is 0.428. The van der Waals surface area contributed by atoms with Crippen molar-refractivity contribution in [1.29, 1.82) is 0 Å². The summed E-state index contributed by atoms with van der Waals surface area (Å²) in [4.78, 5) is 6.11. The van der Waals surface area contributed by atoms with Gasteiger partial charge in [0.2, 0.25) is 0 Å².